The van der Waals surface area contributed by atoms with Crippen molar-refractivity contribution in [2.45, 2.75) is 13.0 Å². The van der Waals surface area contributed by atoms with E-state index < -0.39 is 0 Å². The third kappa shape index (κ3) is 2.32. The molecule has 0 atom stereocenters. The van der Waals surface area contributed by atoms with Gasteiger partial charge in [0.15, 0.2) is 0 Å². The number of nitrogen functional groups attached to an aromatic ring is 1. The second-order valence-corrected chi connectivity index (χ2v) is 5.57. The van der Waals surface area contributed by atoms with Crippen molar-refractivity contribution < 1.29 is 4.39 Å². The number of anilines is 2. The number of benzene rings is 2. The van der Waals surface area contributed by atoms with E-state index in [1.54, 1.807) is 6.07 Å². The minimum Gasteiger partial charge on any atom is -0.399 e. The van der Waals surface area contributed by atoms with Crippen molar-refractivity contribution in [2.24, 2.45) is 0 Å². The van der Waals surface area contributed by atoms with Crippen molar-refractivity contribution in [3.8, 4) is 0 Å². The minimum absolute atomic E-state index is 0.218. The van der Waals surface area contributed by atoms with Crippen LogP contribution in [0.1, 0.15) is 11.1 Å². The molecule has 0 spiro atoms. The number of rotatable bonds is 2. The molecule has 98 valence electrons. The Bertz CT molecular complexity index is 628. The zero-order chi connectivity index (χ0) is 13.4. The zero-order valence-electron chi connectivity index (χ0n) is 10.4. The monoisotopic (exact) mass is 320 g/mol. The summed E-state index contributed by atoms with van der Waals surface area (Å²) in [6.07, 6.45) is 1.02. The van der Waals surface area contributed by atoms with E-state index >= 15 is 0 Å². The predicted octanol–water partition coefficient (Wildman–Crippen LogP) is 3.73. The second kappa shape index (κ2) is 4.85. The third-order valence-corrected chi connectivity index (χ3v) is 4.38. The fourth-order valence-corrected chi connectivity index (χ4v) is 2.89. The van der Waals surface area contributed by atoms with E-state index in [9.17, 15) is 4.39 Å². The first-order chi connectivity index (χ1) is 9.15. The fourth-order valence-electron chi connectivity index (χ4n) is 2.50. The van der Waals surface area contributed by atoms with Gasteiger partial charge in [-0.25, -0.2) is 4.39 Å². The summed E-state index contributed by atoms with van der Waals surface area (Å²) in [4.78, 5) is 2.24. The molecule has 0 unspecified atom stereocenters. The van der Waals surface area contributed by atoms with Crippen LogP contribution < -0.4 is 10.6 Å². The van der Waals surface area contributed by atoms with E-state index in [1.165, 1.54) is 11.6 Å². The van der Waals surface area contributed by atoms with E-state index in [0.717, 1.165) is 29.9 Å². The molecule has 2 aromatic carbocycles. The molecule has 0 radical (unpaired) electrons. The van der Waals surface area contributed by atoms with E-state index in [4.69, 9.17) is 5.73 Å². The molecule has 2 nitrogen and oxygen atoms in total. The Labute approximate surface area is 120 Å². The maximum absolute atomic E-state index is 13.5. The van der Waals surface area contributed by atoms with E-state index in [1.807, 2.05) is 18.2 Å². The Morgan fingerprint density at radius 2 is 2.11 bits per heavy atom. The lowest BCUT2D eigenvalue weighted by molar-refractivity contribution is 0.617. The largest absolute Gasteiger partial charge is 0.399 e. The SMILES string of the molecule is Nc1ccc2c(c1)N(Cc1cccc(F)c1Br)CC2. The molecule has 1 aliphatic heterocycles. The summed E-state index contributed by atoms with van der Waals surface area (Å²) in [6.45, 7) is 1.64. The van der Waals surface area contributed by atoms with Crippen molar-refractivity contribution in [1.82, 2.24) is 0 Å². The van der Waals surface area contributed by atoms with Crippen LogP contribution in [0, 0.1) is 5.82 Å². The van der Waals surface area contributed by atoms with Crippen molar-refractivity contribution in [1.29, 1.82) is 0 Å². The molecule has 0 fully saturated rings. The van der Waals surface area contributed by atoms with Gasteiger partial charge in [-0.2, -0.15) is 0 Å². The molecule has 0 aromatic heterocycles. The van der Waals surface area contributed by atoms with Gasteiger partial charge in [-0.05, 0) is 51.7 Å². The van der Waals surface area contributed by atoms with Gasteiger partial charge in [0.05, 0.1) is 4.47 Å². The molecule has 0 saturated heterocycles. The van der Waals surface area contributed by atoms with Crippen molar-refractivity contribution in [2.75, 3.05) is 17.2 Å². The molecule has 1 aliphatic rings. The lowest BCUT2D eigenvalue weighted by atomic mass is 10.1. The highest BCUT2D eigenvalue weighted by molar-refractivity contribution is 9.10. The van der Waals surface area contributed by atoms with Gasteiger partial charge in [-0.1, -0.05) is 18.2 Å². The third-order valence-electron chi connectivity index (χ3n) is 3.49. The van der Waals surface area contributed by atoms with Crippen LogP contribution in [-0.4, -0.2) is 6.54 Å². The zero-order valence-corrected chi connectivity index (χ0v) is 12.0. The second-order valence-electron chi connectivity index (χ2n) is 4.77. The number of halogens is 2. The molecule has 3 rings (SSSR count). The first kappa shape index (κ1) is 12.5. The first-order valence-electron chi connectivity index (χ1n) is 6.21. The van der Waals surface area contributed by atoms with Crippen LogP contribution in [0.4, 0.5) is 15.8 Å². The molecular formula is C15H14BrFN2. The molecule has 1 heterocycles. The van der Waals surface area contributed by atoms with E-state index in [0.29, 0.717) is 11.0 Å². The Hall–Kier alpha value is -1.55. The Kier molecular flexibility index (Phi) is 3.19. The summed E-state index contributed by atoms with van der Waals surface area (Å²) in [7, 11) is 0. The van der Waals surface area contributed by atoms with Crippen LogP contribution in [0.5, 0.6) is 0 Å². The standard InChI is InChI=1S/C15H14BrFN2/c16-15-11(2-1-3-13(15)17)9-19-7-6-10-4-5-12(18)8-14(10)19/h1-5,8H,6-7,9,18H2. The molecule has 0 aliphatic carbocycles. The molecule has 0 amide bonds. The summed E-state index contributed by atoms with van der Waals surface area (Å²) in [6, 6.07) is 11.1. The molecular weight excluding hydrogens is 307 g/mol. The molecule has 2 aromatic rings. The van der Waals surface area contributed by atoms with Gasteiger partial charge in [0.2, 0.25) is 0 Å². The summed E-state index contributed by atoms with van der Waals surface area (Å²) in [5.74, 6) is -0.218. The number of fused-ring (bicyclic) bond motifs is 1. The Morgan fingerprint density at radius 1 is 1.26 bits per heavy atom. The molecule has 2 N–H and O–H groups in total. The average Bonchev–Trinajstić information content (AvgIpc) is 2.78. The Balaban J connectivity index is 1.90. The summed E-state index contributed by atoms with van der Waals surface area (Å²) >= 11 is 3.32. The van der Waals surface area contributed by atoms with Crippen molar-refractivity contribution >= 4 is 27.3 Å². The van der Waals surface area contributed by atoms with Gasteiger partial charge in [-0.3, -0.25) is 0 Å². The first-order valence-corrected chi connectivity index (χ1v) is 7.00. The number of hydrogen-bond acceptors (Lipinski definition) is 2. The lowest BCUT2D eigenvalue weighted by Crippen LogP contribution is -2.20. The number of hydrogen-bond donors (Lipinski definition) is 1. The van der Waals surface area contributed by atoms with Crippen LogP contribution >= 0.6 is 15.9 Å². The summed E-state index contributed by atoms with van der Waals surface area (Å²) in [5.41, 5.74) is 10.0. The van der Waals surface area contributed by atoms with Crippen LogP contribution in [-0.2, 0) is 13.0 Å². The van der Waals surface area contributed by atoms with Crippen LogP contribution in [0.2, 0.25) is 0 Å². The quantitative estimate of drug-likeness (QED) is 0.854. The fraction of sp³-hybridized carbons (Fsp3) is 0.200. The van der Waals surface area contributed by atoms with E-state index in [-0.39, 0.29) is 5.82 Å². The predicted molar refractivity (Wildman–Crippen MR) is 79.7 cm³/mol. The highest BCUT2D eigenvalue weighted by Gasteiger charge is 2.20. The van der Waals surface area contributed by atoms with Crippen molar-refractivity contribution in [3.05, 3.63) is 57.8 Å². The normalized spacial score (nSPS) is 13.7. The topological polar surface area (TPSA) is 29.3 Å². The molecule has 0 saturated carbocycles. The van der Waals surface area contributed by atoms with Crippen LogP contribution in [0.15, 0.2) is 40.9 Å². The average molecular weight is 321 g/mol. The summed E-state index contributed by atoms with van der Waals surface area (Å²) < 4.78 is 14.1. The molecule has 19 heavy (non-hydrogen) atoms. The Morgan fingerprint density at radius 3 is 2.95 bits per heavy atom. The highest BCUT2D eigenvalue weighted by atomic mass is 79.9. The van der Waals surface area contributed by atoms with Gasteiger partial charge < -0.3 is 10.6 Å². The van der Waals surface area contributed by atoms with E-state index in [2.05, 4.69) is 26.9 Å². The molecule has 0 bridgehead atoms. The maximum Gasteiger partial charge on any atom is 0.137 e. The van der Waals surface area contributed by atoms with Crippen LogP contribution in [0.25, 0.3) is 0 Å². The maximum atomic E-state index is 13.5. The van der Waals surface area contributed by atoms with Gasteiger partial charge in [0, 0.05) is 24.5 Å². The molecule has 4 heteroatoms. The van der Waals surface area contributed by atoms with Gasteiger partial charge >= 0.3 is 0 Å². The van der Waals surface area contributed by atoms with Crippen molar-refractivity contribution in [3.63, 3.8) is 0 Å². The van der Waals surface area contributed by atoms with Gasteiger partial charge in [0.1, 0.15) is 5.82 Å². The minimum atomic E-state index is -0.218. The van der Waals surface area contributed by atoms with Crippen LogP contribution in [0.3, 0.4) is 0 Å². The smallest absolute Gasteiger partial charge is 0.137 e. The summed E-state index contributed by atoms with van der Waals surface area (Å²) in [5, 5.41) is 0. The number of nitrogens with two attached hydrogens (primary N) is 1. The van der Waals surface area contributed by atoms with Gasteiger partial charge in [-0.15, -0.1) is 0 Å². The highest BCUT2D eigenvalue weighted by Crippen LogP contribution is 2.32. The number of nitrogens with zero attached hydrogens (tertiary/aromatic N) is 1. The van der Waals surface area contributed by atoms with Gasteiger partial charge in [0.25, 0.3) is 0 Å². The lowest BCUT2D eigenvalue weighted by Gasteiger charge is -2.20.